The maximum atomic E-state index is 9.15. The molecule has 2 aliphatic rings. The van der Waals surface area contributed by atoms with Gasteiger partial charge in [-0.05, 0) is 43.6 Å². The Morgan fingerprint density at radius 3 is 3.17 bits per heavy atom. The second kappa shape index (κ2) is 3.44. The Labute approximate surface area is 73.8 Å². The lowest BCUT2D eigenvalue weighted by Gasteiger charge is -2.10. The zero-order valence-corrected chi connectivity index (χ0v) is 7.42. The van der Waals surface area contributed by atoms with Gasteiger partial charge >= 0.3 is 0 Å². The minimum absolute atomic E-state index is 0.238. The van der Waals surface area contributed by atoms with E-state index in [1.807, 2.05) is 0 Å². The highest BCUT2D eigenvalue weighted by molar-refractivity contribution is 5.31. The van der Waals surface area contributed by atoms with Crippen molar-refractivity contribution in [3.05, 3.63) is 23.3 Å². The van der Waals surface area contributed by atoms with Gasteiger partial charge in [0.15, 0.2) is 0 Å². The number of fused-ring (bicyclic) bond motifs is 1. The molecule has 1 N–H and O–H groups in total. The Balaban J connectivity index is 2.29. The van der Waals surface area contributed by atoms with Crippen LogP contribution in [0.5, 0.6) is 0 Å². The molecule has 0 amide bonds. The van der Waals surface area contributed by atoms with E-state index in [9.17, 15) is 0 Å². The molecule has 0 saturated heterocycles. The predicted molar refractivity (Wildman–Crippen MR) is 49.8 cm³/mol. The van der Waals surface area contributed by atoms with Crippen LogP contribution in [0.1, 0.15) is 32.1 Å². The first kappa shape index (κ1) is 8.06. The molecule has 1 fully saturated rings. The van der Waals surface area contributed by atoms with Gasteiger partial charge in [0.25, 0.3) is 0 Å². The van der Waals surface area contributed by atoms with E-state index in [1.54, 1.807) is 5.57 Å². The van der Waals surface area contributed by atoms with Gasteiger partial charge in [0, 0.05) is 0 Å². The Morgan fingerprint density at radius 2 is 2.33 bits per heavy atom. The molecule has 0 heterocycles. The number of rotatable bonds is 1. The molecule has 0 aromatic heterocycles. The van der Waals surface area contributed by atoms with E-state index < -0.39 is 0 Å². The van der Waals surface area contributed by atoms with Gasteiger partial charge < -0.3 is 5.11 Å². The van der Waals surface area contributed by atoms with Gasteiger partial charge in [-0.25, -0.2) is 0 Å². The van der Waals surface area contributed by atoms with Crippen LogP contribution in [0.3, 0.4) is 0 Å². The number of hydrogen-bond donors (Lipinski definition) is 1. The zero-order valence-electron chi connectivity index (χ0n) is 7.42. The Morgan fingerprint density at radius 1 is 1.42 bits per heavy atom. The first-order valence-corrected chi connectivity index (χ1v) is 4.91. The van der Waals surface area contributed by atoms with Gasteiger partial charge in [0.05, 0.1) is 6.61 Å². The first-order chi connectivity index (χ1) is 5.92. The van der Waals surface area contributed by atoms with Crippen molar-refractivity contribution in [2.75, 3.05) is 6.61 Å². The molecule has 1 unspecified atom stereocenters. The smallest absolute Gasteiger partial charge is 0.0681 e. The first-order valence-electron chi connectivity index (χ1n) is 4.91. The zero-order chi connectivity index (χ0) is 8.39. The fourth-order valence-corrected chi connectivity index (χ4v) is 2.44. The fourth-order valence-electron chi connectivity index (χ4n) is 2.44. The molecule has 1 atom stereocenters. The average Bonchev–Trinajstić information content (AvgIpc) is 2.46. The Kier molecular flexibility index (Phi) is 2.31. The van der Waals surface area contributed by atoms with Crippen LogP contribution in [-0.4, -0.2) is 11.7 Å². The van der Waals surface area contributed by atoms with Gasteiger partial charge in [0.2, 0.25) is 0 Å². The molecule has 2 aliphatic carbocycles. The van der Waals surface area contributed by atoms with E-state index in [0.717, 1.165) is 5.92 Å². The van der Waals surface area contributed by atoms with Gasteiger partial charge in [-0.2, -0.15) is 0 Å². The molecule has 1 nitrogen and oxygen atoms in total. The summed E-state index contributed by atoms with van der Waals surface area (Å²) in [5.41, 5.74) is 2.75. The van der Waals surface area contributed by atoms with Gasteiger partial charge in [-0.1, -0.05) is 17.7 Å². The van der Waals surface area contributed by atoms with Crippen molar-refractivity contribution in [1.82, 2.24) is 0 Å². The topological polar surface area (TPSA) is 20.2 Å². The molecular weight excluding hydrogens is 148 g/mol. The second-order valence-corrected chi connectivity index (χ2v) is 3.78. The van der Waals surface area contributed by atoms with Gasteiger partial charge in [-0.15, -0.1) is 0 Å². The summed E-state index contributed by atoms with van der Waals surface area (Å²) in [5.74, 6) is 0.794. The average molecular weight is 164 g/mol. The van der Waals surface area contributed by atoms with Crippen molar-refractivity contribution in [3.8, 4) is 0 Å². The third-order valence-electron chi connectivity index (χ3n) is 3.08. The van der Waals surface area contributed by atoms with Crippen LogP contribution >= 0.6 is 0 Å². The monoisotopic (exact) mass is 164 g/mol. The molecule has 1 heteroatoms. The van der Waals surface area contributed by atoms with Crippen molar-refractivity contribution in [2.45, 2.75) is 32.1 Å². The minimum Gasteiger partial charge on any atom is -0.392 e. The van der Waals surface area contributed by atoms with Crippen LogP contribution in [0.25, 0.3) is 0 Å². The van der Waals surface area contributed by atoms with E-state index in [0.29, 0.717) is 0 Å². The summed E-state index contributed by atoms with van der Waals surface area (Å²) < 4.78 is 0. The van der Waals surface area contributed by atoms with E-state index in [4.69, 9.17) is 5.11 Å². The Bertz CT molecular complexity index is 225. The molecule has 0 aromatic rings. The van der Waals surface area contributed by atoms with Crippen molar-refractivity contribution in [3.63, 3.8) is 0 Å². The summed E-state index contributed by atoms with van der Waals surface area (Å²) in [4.78, 5) is 0. The van der Waals surface area contributed by atoms with Crippen molar-refractivity contribution in [2.24, 2.45) is 5.92 Å². The third-order valence-corrected chi connectivity index (χ3v) is 3.08. The molecule has 2 rings (SSSR count). The second-order valence-electron chi connectivity index (χ2n) is 3.78. The molecule has 0 aliphatic heterocycles. The van der Waals surface area contributed by atoms with Crippen molar-refractivity contribution < 1.29 is 5.11 Å². The minimum atomic E-state index is 0.238. The largest absolute Gasteiger partial charge is 0.392 e. The number of aliphatic hydroxyl groups is 1. The summed E-state index contributed by atoms with van der Waals surface area (Å²) in [6.45, 7) is 0.238. The highest BCUT2D eigenvalue weighted by Crippen LogP contribution is 2.38. The maximum Gasteiger partial charge on any atom is 0.0681 e. The lowest BCUT2D eigenvalue weighted by atomic mass is 9.96. The van der Waals surface area contributed by atoms with E-state index >= 15 is 0 Å². The Hall–Kier alpha value is -0.560. The van der Waals surface area contributed by atoms with Crippen LogP contribution in [0.15, 0.2) is 23.3 Å². The number of allylic oxidation sites excluding steroid dienone is 2. The van der Waals surface area contributed by atoms with Gasteiger partial charge in [-0.3, -0.25) is 0 Å². The van der Waals surface area contributed by atoms with Gasteiger partial charge in [0.1, 0.15) is 0 Å². The maximum absolute atomic E-state index is 9.15. The lowest BCUT2D eigenvalue weighted by Crippen LogP contribution is -1.99. The van der Waals surface area contributed by atoms with Crippen LogP contribution < -0.4 is 0 Å². The van der Waals surface area contributed by atoms with Crippen LogP contribution in [-0.2, 0) is 0 Å². The van der Waals surface area contributed by atoms with Crippen LogP contribution in [0, 0.1) is 5.92 Å². The van der Waals surface area contributed by atoms with Crippen molar-refractivity contribution >= 4 is 0 Å². The van der Waals surface area contributed by atoms with E-state index in [-0.39, 0.29) is 6.61 Å². The predicted octanol–water partition coefficient (Wildman–Crippen LogP) is 2.43. The number of hydrogen-bond acceptors (Lipinski definition) is 1. The highest BCUT2D eigenvalue weighted by atomic mass is 16.3. The summed E-state index contributed by atoms with van der Waals surface area (Å²) >= 11 is 0. The summed E-state index contributed by atoms with van der Waals surface area (Å²) in [5, 5.41) is 9.15. The van der Waals surface area contributed by atoms with E-state index in [2.05, 4.69) is 12.2 Å². The molecule has 0 spiro atoms. The van der Waals surface area contributed by atoms with Crippen LogP contribution in [0.4, 0.5) is 0 Å². The normalized spacial score (nSPS) is 28.9. The number of aliphatic hydroxyl groups excluding tert-OH is 1. The molecule has 0 radical (unpaired) electrons. The lowest BCUT2D eigenvalue weighted by molar-refractivity contribution is 0.332. The summed E-state index contributed by atoms with van der Waals surface area (Å²) in [6.07, 6.45) is 10.7. The fraction of sp³-hybridized carbons (Fsp3) is 0.636. The van der Waals surface area contributed by atoms with E-state index in [1.165, 1.54) is 37.7 Å². The molecule has 0 aromatic carbocycles. The van der Waals surface area contributed by atoms with Crippen LogP contribution in [0.2, 0.25) is 0 Å². The molecule has 66 valence electrons. The standard InChI is InChI=1S/C11H16O/c12-8-10-5-2-1-4-9-6-3-7-11(9)10/h2,5,9,12H,1,3-4,6-8H2. The summed E-state index contributed by atoms with van der Waals surface area (Å²) in [6, 6.07) is 0. The van der Waals surface area contributed by atoms with Crippen molar-refractivity contribution in [1.29, 1.82) is 0 Å². The molecule has 12 heavy (non-hydrogen) atoms. The molecule has 0 bridgehead atoms. The third kappa shape index (κ3) is 1.34. The SMILES string of the molecule is OCC1=C2CCCC2CCC=C1. The highest BCUT2D eigenvalue weighted by Gasteiger charge is 2.23. The molecule has 1 saturated carbocycles. The quantitative estimate of drug-likeness (QED) is 0.631. The summed E-state index contributed by atoms with van der Waals surface area (Å²) in [7, 11) is 0. The molecular formula is C11H16O.